The summed E-state index contributed by atoms with van der Waals surface area (Å²) in [5, 5.41) is 0. The Morgan fingerprint density at radius 3 is 1.70 bits per heavy atom. The molecule has 43 heavy (non-hydrogen) atoms. The Kier molecular flexibility index (Phi) is 7.36. The van der Waals surface area contributed by atoms with Gasteiger partial charge in [0, 0.05) is 35.5 Å². The molecule has 3 heteroatoms. The lowest BCUT2D eigenvalue weighted by molar-refractivity contribution is 1.07. The zero-order valence-electron chi connectivity index (χ0n) is 23.6. The van der Waals surface area contributed by atoms with Crippen molar-refractivity contribution in [1.29, 1.82) is 0 Å². The van der Waals surface area contributed by atoms with Crippen LogP contribution in [0, 0.1) is 0 Å². The van der Waals surface area contributed by atoms with E-state index in [1.807, 2.05) is 36.7 Å². The molecule has 0 radical (unpaired) electrons. The highest BCUT2D eigenvalue weighted by Gasteiger charge is 2.15. The van der Waals surface area contributed by atoms with E-state index in [0.29, 0.717) is 6.42 Å². The lowest BCUT2D eigenvalue weighted by Gasteiger charge is -2.14. The van der Waals surface area contributed by atoms with Gasteiger partial charge in [-0.05, 0) is 64.2 Å². The van der Waals surface area contributed by atoms with Crippen molar-refractivity contribution >= 4 is 0 Å². The molecule has 0 N–H and O–H groups in total. The van der Waals surface area contributed by atoms with Gasteiger partial charge in [-0.2, -0.15) is 0 Å². The highest BCUT2D eigenvalue weighted by molar-refractivity contribution is 5.78. The summed E-state index contributed by atoms with van der Waals surface area (Å²) in [4.78, 5) is 14.8. The highest BCUT2D eigenvalue weighted by Crippen LogP contribution is 2.33. The topological polar surface area (TPSA) is 38.7 Å². The Bertz CT molecular complexity index is 1930. The summed E-state index contributed by atoms with van der Waals surface area (Å²) >= 11 is 0. The van der Waals surface area contributed by atoms with Crippen LogP contribution in [-0.4, -0.2) is 15.0 Å². The Morgan fingerprint density at radius 2 is 0.953 bits per heavy atom. The molecule has 0 aliphatic rings. The summed E-state index contributed by atoms with van der Waals surface area (Å²) in [6.45, 7) is 0. The maximum Gasteiger partial charge on any atom is 0.0734 e. The van der Waals surface area contributed by atoms with Gasteiger partial charge < -0.3 is 0 Å². The zero-order valence-corrected chi connectivity index (χ0v) is 23.6. The van der Waals surface area contributed by atoms with Gasteiger partial charge in [-0.15, -0.1) is 0 Å². The van der Waals surface area contributed by atoms with Crippen LogP contribution in [0.5, 0.6) is 0 Å². The van der Waals surface area contributed by atoms with Crippen molar-refractivity contribution in [3.05, 3.63) is 175 Å². The molecule has 0 amide bonds. The third-order valence-electron chi connectivity index (χ3n) is 7.69. The van der Waals surface area contributed by atoms with Gasteiger partial charge in [-0.1, -0.05) is 115 Å². The van der Waals surface area contributed by atoms with Gasteiger partial charge in [0.15, 0.2) is 0 Å². The highest BCUT2D eigenvalue weighted by atomic mass is 14.7. The number of nitrogens with zero attached hydrogens (tertiary/aromatic N) is 3. The Balaban J connectivity index is 1.31. The van der Waals surface area contributed by atoms with E-state index in [-0.39, 0.29) is 0 Å². The second-order valence-electron chi connectivity index (χ2n) is 10.5. The fourth-order valence-electron chi connectivity index (χ4n) is 5.53. The second kappa shape index (κ2) is 12.1. The largest absolute Gasteiger partial charge is 0.260 e. The summed E-state index contributed by atoms with van der Waals surface area (Å²) in [7, 11) is 0. The molecule has 7 rings (SSSR count). The molecule has 3 heterocycles. The SMILES string of the molecule is c1ccc(-c2ccnc(-c3ccccc3Cc3ncccc3-c3cc(-c4ccccc4)cc(-c4ccccc4)n3)c2)cc1. The predicted octanol–water partition coefficient (Wildman–Crippen LogP) is 9.80. The summed E-state index contributed by atoms with van der Waals surface area (Å²) < 4.78 is 0. The molecule has 0 bridgehead atoms. The Labute approximate surface area is 252 Å². The normalized spacial score (nSPS) is 10.9. The Morgan fingerprint density at radius 1 is 0.372 bits per heavy atom. The molecule has 0 spiro atoms. The lowest BCUT2D eigenvalue weighted by atomic mass is 9.94. The summed E-state index contributed by atoms with van der Waals surface area (Å²) in [6, 6.07) is 52.5. The first-order valence-electron chi connectivity index (χ1n) is 14.5. The quantitative estimate of drug-likeness (QED) is 0.198. The summed E-state index contributed by atoms with van der Waals surface area (Å²) in [5.41, 5.74) is 12.8. The molecule has 4 aromatic carbocycles. The van der Waals surface area contributed by atoms with Crippen molar-refractivity contribution in [2.24, 2.45) is 0 Å². The van der Waals surface area contributed by atoms with Crippen LogP contribution >= 0.6 is 0 Å². The van der Waals surface area contributed by atoms with Crippen LogP contribution in [0.15, 0.2) is 164 Å². The molecular weight excluding hydrogens is 522 g/mol. The number of hydrogen-bond acceptors (Lipinski definition) is 3. The fraction of sp³-hybridized carbons (Fsp3) is 0.0250. The van der Waals surface area contributed by atoms with Crippen LogP contribution in [0.4, 0.5) is 0 Å². The standard InChI is InChI=1S/C40H29N3/c1-4-13-29(14-5-1)32-22-24-42-38(25-32)35-20-11-10-19-33(35)26-39-36(21-12-23-41-39)40-28-34(30-15-6-2-7-16-30)27-37(43-40)31-17-8-3-9-18-31/h1-25,27-28H,26H2. The van der Waals surface area contributed by atoms with E-state index < -0.39 is 0 Å². The van der Waals surface area contributed by atoms with Crippen LogP contribution in [0.3, 0.4) is 0 Å². The average molecular weight is 552 g/mol. The van der Waals surface area contributed by atoms with Gasteiger partial charge in [0.1, 0.15) is 0 Å². The Hall–Kier alpha value is -5.67. The minimum absolute atomic E-state index is 0.654. The summed E-state index contributed by atoms with van der Waals surface area (Å²) in [6.07, 6.45) is 4.42. The third kappa shape index (κ3) is 5.74. The molecule has 7 aromatic rings. The monoisotopic (exact) mass is 551 g/mol. The van der Waals surface area contributed by atoms with Crippen LogP contribution in [0.1, 0.15) is 11.3 Å². The van der Waals surface area contributed by atoms with Gasteiger partial charge in [-0.3, -0.25) is 9.97 Å². The molecule has 0 aliphatic carbocycles. The van der Waals surface area contributed by atoms with Gasteiger partial charge in [0.05, 0.1) is 22.8 Å². The molecule has 0 aliphatic heterocycles. The fourth-order valence-corrected chi connectivity index (χ4v) is 5.53. The van der Waals surface area contributed by atoms with E-state index in [0.717, 1.165) is 56.2 Å². The maximum atomic E-state index is 5.18. The molecule has 3 aromatic heterocycles. The van der Waals surface area contributed by atoms with Crippen LogP contribution in [-0.2, 0) is 6.42 Å². The first-order chi connectivity index (χ1) is 21.3. The van der Waals surface area contributed by atoms with Crippen molar-refractivity contribution in [3.8, 4) is 56.0 Å². The molecule has 0 saturated carbocycles. The number of hydrogen-bond donors (Lipinski definition) is 0. The first-order valence-corrected chi connectivity index (χ1v) is 14.5. The molecule has 0 atom stereocenters. The number of pyridine rings is 3. The van der Waals surface area contributed by atoms with Crippen LogP contribution in [0.25, 0.3) is 56.0 Å². The van der Waals surface area contributed by atoms with Gasteiger partial charge in [-0.25, -0.2) is 4.98 Å². The van der Waals surface area contributed by atoms with Gasteiger partial charge in [0.25, 0.3) is 0 Å². The summed E-state index contributed by atoms with van der Waals surface area (Å²) in [5.74, 6) is 0. The second-order valence-corrected chi connectivity index (χ2v) is 10.5. The van der Waals surface area contributed by atoms with E-state index in [2.05, 4.69) is 127 Å². The van der Waals surface area contributed by atoms with Crippen molar-refractivity contribution in [2.45, 2.75) is 6.42 Å². The van der Waals surface area contributed by atoms with Crippen molar-refractivity contribution in [2.75, 3.05) is 0 Å². The van der Waals surface area contributed by atoms with Gasteiger partial charge >= 0.3 is 0 Å². The van der Waals surface area contributed by atoms with Crippen molar-refractivity contribution in [3.63, 3.8) is 0 Å². The molecule has 204 valence electrons. The van der Waals surface area contributed by atoms with Crippen LogP contribution < -0.4 is 0 Å². The number of rotatable bonds is 7. The van der Waals surface area contributed by atoms with E-state index >= 15 is 0 Å². The molecule has 0 unspecified atom stereocenters. The minimum atomic E-state index is 0.654. The zero-order chi connectivity index (χ0) is 28.8. The van der Waals surface area contributed by atoms with Gasteiger partial charge in [0.2, 0.25) is 0 Å². The minimum Gasteiger partial charge on any atom is -0.260 e. The smallest absolute Gasteiger partial charge is 0.0734 e. The number of benzene rings is 4. The van der Waals surface area contributed by atoms with E-state index in [1.54, 1.807) is 0 Å². The lowest BCUT2D eigenvalue weighted by Crippen LogP contribution is -2.00. The molecule has 0 fully saturated rings. The third-order valence-corrected chi connectivity index (χ3v) is 7.69. The van der Waals surface area contributed by atoms with E-state index in [9.17, 15) is 0 Å². The first kappa shape index (κ1) is 26.2. The average Bonchev–Trinajstić information content (AvgIpc) is 3.10. The van der Waals surface area contributed by atoms with E-state index in [4.69, 9.17) is 15.0 Å². The molecule has 3 nitrogen and oxygen atoms in total. The number of aromatic nitrogens is 3. The van der Waals surface area contributed by atoms with Crippen molar-refractivity contribution < 1.29 is 0 Å². The predicted molar refractivity (Wildman–Crippen MR) is 176 cm³/mol. The molecule has 0 saturated heterocycles. The van der Waals surface area contributed by atoms with E-state index in [1.165, 1.54) is 11.1 Å². The van der Waals surface area contributed by atoms with Crippen molar-refractivity contribution in [1.82, 2.24) is 15.0 Å². The molecular formula is C40H29N3. The maximum absolute atomic E-state index is 5.18. The van der Waals surface area contributed by atoms with Crippen LogP contribution in [0.2, 0.25) is 0 Å².